The molecule has 0 N–H and O–H groups in total. The first-order valence-electron chi connectivity index (χ1n) is 7.01. The van der Waals surface area contributed by atoms with E-state index in [1.807, 2.05) is 20.8 Å². The second-order valence-electron chi connectivity index (χ2n) is 4.24. The maximum absolute atomic E-state index is 10.8. The minimum absolute atomic E-state index is 0.262. The third-order valence-electron chi connectivity index (χ3n) is 2.60. The molecule has 0 aliphatic heterocycles. The summed E-state index contributed by atoms with van der Waals surface area (Å²) >= 11 is 0. The Hall–Kier alpha value is -0.233. The van der Waals surface area contributed by atoms with Crippen molar-refractivity contribution in [3.63, 3.8) is 0 Å². The molecule has 0 saturated heterocycles. The molecule has 18 heavy (non-hydrogen) atoms. The SMILES string of the molecule is CCO[Si](CCCCCC(C)=O)(OCC)OCC. The molecule has 0 heterocycles. The third kappa shape index (κ3) is 7.97. The molecule has 0 saturated carbocycles. The summed E-state index contributed by atoms with van der Waals surface area (Å²) in [6, 6.07) is 0.848. The van der Waals surface area contributed by atoms with Gasteiger partial charge in [0.15, 0.2) is 0 Å². The summed E-state index contributed by atoms with van der Waals surface area (Å²) in [5, 5.41) is 0. The molecule has 0 rings (SSSR count). The van der Waals surface area contributed by atoms with Gasteiger partial charge in [-0.3, -0.25) is 0 Å². The van der Waals surface area contributed by atoms with Crippen LogP contribution in [0.25, 0.3) is 0 Å². The highest BCUT2D eigenvalue weighted by molar-refractivity contribution is 6.60. The first-order valence-corrected chi connectivity index (χ1v) is 8.94. The summed E-state index contributed by atoms with van der Waals surface area (Å²) in [7, 11) is -2.46. The lowest BCUT2D eigenvalue weighted by molar-refractivity contribution is -0.117. The van der Waals surface area contributed by atoms with Crippen molar-refractivity contribution in [2.45, 2.75) is 59.4 Å². The molecule has 108 valence electrons. The van der Waals surface area contributed by atoms with Gasteiger partial charge in [-0.15, -0.1) is 0 Å². The molecular formula is C13H28O4Si. The molecule has 0 radical (unpaired) electrons. The first kappa shape index (κ1) is 17.8. The van der Waals surface area contributed by atoms with Crippen molar-refractivity contribution in [2.75, 3.05) is 19.8 Å². The number of ketones is 1. The summed E-state index contributed by atoms with van der Waals surface area (Å²) in [6.07, 6.45) is 3.65. The standard InChI is InChI=1S/C13H28O4Si/c1-5-15-18(16-6-2,17-7-3)12-10-8-9-11-13(4)14/h5-12H2,1-4H3. The lowest BCUT2D eigenvalue weighted by atomic mass is 10.2. The van der Waals surface area contributed by atoms with Crippen LogP contribution in [0.4, 0.5) is 0 Å². The molecule has 0 aromatic carbocycles. The predicted octanol–water partition coefficient (Wildman–Crippen LogP) is 3.18. The van der Waals surface area contributed by atoms with Gasteiger partial charge in [0.25, 0.3) is 0 Å². The maximum atomic E-state index is 10.8. The number of carbonyl (C=O) groups excluding carboxylic acids is 1. The summed E-state index contributed by atoms with van der Waals surface area (Å²) in [6.45, 7) is 9.42. The first-order chi connectivity index (χ1) is 8.60. The van der Waals surface area contributed by atoms with Crippen LogP contribution < -0.4 is 0 Å². The van der Waals surface area contributed by atoms with Crippen LogP contribution in [-0.4, -0.2) is 34.4 Å². The Morgan fingerprint density at radius 1 is 0.889 bits per heavy atom. The fraction of sp³-hybridized carbons (Fsp3) is 0.923. The molecule has 0 spiro atoms. The van der Waals surface area contributed by atoms with Gasteiger partial charge in [0.1, 0.15) is 5.78 Å². The van der Waals surface area contributed by atoms with Gasteiger partial charge in [0.2, 0.25) is 0 Å². The molecule has 0 aromatic heterocycles. The number of hydrogen-bond donors (Lipinski definition) is 0. The van der Waals surface area contributed by atoms with E-state index in [9.17, 15) is 4.79 Å². The van der Waals surface area contributed by atoms with Crippen LogP contribution in [-0.2, 0) is 18.1 Å². The van der Waals surface area contributed by atoms with Crippen LogP contribution in [0.2, 0.25) is 6.04 Å². The van der Waals surface area contributed by atoms with Gasteiger partial charge in [0.05, 0.1) is 0 Å². The average Bonchev–Trinajstić information content (AvgIpc) is 2.29. The van der Waals surface area contributed by atoms with Crippen molar-refractivity contribution < 1.29 is 18.1 Å². The Balaban J connectivity index is 4.08. The van der Waals surface area contributed by atoms with Crippen LogP contribution in [0.3, 0.4) is 0 Å². The molecule has 0 fully saturated rings. The van der Waals surface area contributed by atoms with Crippen molar-refractivity contribution in [1.82, 2.24) is 0 Å². The topological polar surface area (TPSA) is 44.8 Å². The maximum Gasteiger partial charge on any atom is 0.500 e. The van der Waals surface area contributed by atoms with Crippen molar-refractivity contribution in [3.05, 3.63) is 0 Å². The smallest absolute Gasteiger partial charge is 0.374 e. The van der Waals surface area contributed by atoms with E-state index >= 15 is 0 Å². The van der Waals surface area contributed by atoms with E-state index in [4.69, 9.17) is 13.3 Å². The Kier molecular flexibility index (Phi) is 10.5. The minimum Gasteiger partial charge on any atom is -0.374 e. The summed E-state index contributed by atoms with van der Waals surface area (Å²) in [5.74, 6) is 0.262. The van der Waals surface area contributed by atoms with Gasteiger partial charge < -0.3 is 18.1 Å². The fourth-order valence-electron chi connectivity index (χ4n) is 1.89. The van der Waals surface area contributed by atoms with Crippen molar-refractivity contribution in [3.8, 4) is 0 Å². The summed E-state index contributed by atoms with van der Waals surface area (Å²) in [4.78, 5) is 10.8. The fourth-order valence-corrected chi connectivity index (χ4v) is 4.58. The number of unbranched alkanes of at least 4 members (excludes halogenated alkanes) is 2. The van der Waals surface area contributed by atoms with Crippen LogP contribution in [0.5, 0.6) is 0 Å². The predicted molar refractivity (Wildman–Crippen MR) is 74.6 cm³/mol. The second-order valence-corrected chi connectivity index (χ2v) is 6.98. The largest absolute Gasteiger partial charge is 0.500 e. The Morgan fingerprint density at radius 3 is 1.78 bits per heavy atom. The molecule has 5 heteroatoms. The third-order valence-corrected chi connectivity index (χ3v) is 5.76. The molecule has 0 atom stereocenters. The number of rotatable bonds is 12. The van der Waals surface area contributed by atoms with Gasteiger partial charge in [-0.25, -0.2) is 0 Å². The zero-order chi connectivity index (χ0) is 13.9. The van der Waals surface area contributed by atoms with Crippen molar-refractivity contribution >= 4 is 14.6 Å². The summed E-state index contributed by atoms with van der Waals surface area (Å²) in [5.41, 5.74) is 0. The molecule has 0 unspecified atom stereocenters. The molecule has 0 amide bonds. The molecule has 4 nitrogen and oxygen atoms in total. The van der Waals surface area contributed by atoms with Crippen molar-refractivity contribution in [2.24, 2.45) is 0 Å². The number of carbonyl (C=O) groups is 1. The molecule has 0 bridgehead atoms. The van der Waals surface area contributed by atoms with Gasteiger partial charge in [-0.1, -0.05) is 6.42 Å². The van der Waals surface area contributed by atoms with Crippen LogP contribution in [0.15, 0.2) is 0 Å². The van der Waals surface area contributed by atoms with Crippen molar-refractivity contribution in [1.29, 1.82) is 0 Å². The van der Waals surface area contributed by atoms with Gasteiger partial charge in [0, 0.05) is 32.3 Å². The zero-order valence-electron chi connectivity index (χ0n) is 12.3. The average molecular weight is 276 g/mol. The van der Waals surface area contributed by atoms with E-state index in [-0.39, 0.29) is 5.78 Å². The molecule has 0 aliphatic carbocycles. The van der Waals surface area contributed by atoms with Gasteiger partial charge >= 0.3 is 8.80 Å². The molecule has 0 aromatic rings. The highest BCUT2D eigenvalue weighted by Gasteiger charge is 2.39. The number of hydrogen-bond acceptors (Lipinski definition) is 4. The van der Waals surface area contributed by atoms with E-state index < -0.39 is 8.80 Å². The van der Waals surface area contributed by atoms with E-state index in [2.05, 4.69) is 0 Å². The molecular weight excluding hydrogens is 248 g/mol. The Labute approximate surface area is 112 Å². The van der Waals surface area contributed by atoms with Crippen LogP contribution in [0.1, 0.15) is 53.4 Å². The highest BCUT2D eigenvalue weighted by Crippen LogP contribution is 2.20. The second kappa shape index (κ2) is 10.7. The zero-order valence-corrected chi connectivity index (χ0v) is 13.3. The number of Topliss-reactive ketones (excluding diaryl/α,β-unsaturated/α-hetero) is 1. The summed E-state index contributed by atoms with van der Waals surface area (Å²) < 4.78 is 17.3. The van der Waals surface area contributed by atoms with Crippen LogP contribution in [0, 0.1) is 0 Å². The monoisotopic (exact) mass is 276 g/mol. The minimum atomic E-state index is -2.46. The van der Waals surface area contributed by atoms with Crippen LogP contribution >= 0.6 is 0 Å². The van der Waals surface area contributed by atoms with E-state index in [0.29, 0.717) is 26.2 Å². The lowest BCUT2D eigenvalue weighted by Gasteiger charge is -2.28. The normalized spacial score (nSPS) is 11.8. The van der Waals surface area contributed by atoms with E-state index in [0.717, 1.165) is 25.3 Å². The Bertz CT molecular complexity index is 204. The lowest BCUT2D eigenvalue weighted by Crippen LogP contribution is -2.45. The quantitative estimate of drug-likeness (QED) is 0.406. The Morgan fingerprint density at radius 2 is 1.39 bits per heavy atom. The van der Waals surface area contributed by atoms with Gasteiger partial charge in [-0.05, 0) is 40.5 Å². The van der Waals surface area contributed by atoms with Gasteiger partial charge in [-0.2, -0.15) is 0 Å². The molecule has 0 aliphatic rings. The van der Waals surface area contributed by atoms with E-state index in [1.54, 1.807) is 6.92 Å². The highest BCUT2D eigenvalue weighted by atomic mass is 28.4. The van der Waals surface area contributed by atoms with E-state index in [1.165, 1.54) is 0 Å².